The van der Waals surface area contributed by atoms with Gasteiger partial charge in [0.25, 0.3) is 0 Å². The van der Waals surface area contributed by atoms with Gasteiger partial charge in [-0.15, -0.1) is 0 Å². The Bertz CT molecular complexity index is 504. The van der Waals surface area contributed by atoms with E-state index in [0.717, 1.165) is 57.8 Å². The molecule has 2 fully saturated rings. The Morgan fingerprint density at radius 1 is 1.41 bits per heavy atom. The first-order valence-corrected chi connectivity index (χ1v) is 8.27. The van der Waals surface area contributed by atoms with Gasteiger partial charge in [-0.05, 0) is 26.3 Å². The van der Waals surface area contributed by atoms with Crippen molar-refractivity contribution in [2.75, 3.05) is 32.7 Å². The molecule has 2 atom stereocenters. The van der Waals surface area contributed by atoms with Gasteiger partial charge in [0.15, 0.2) is 5.82 Å². The fourth-order valence-corrected chi connectivity index (χ4v) is 3.18. The second-order valence-corrected chi connectivity index (χ2v) is 6.09. The zero-order chi connectivity index (χ0) is 15.5. The summed E-state index contributed by atoms with van der Waals surface area (Å²) < 4.78 is 5.33. The summed E-state index contributed by atoms with van der Waals surface area (Å²) in [5.74, 6) is 1.69. The minimum absolute atomic E-state index is 0.0343. The van der Waals surface area contributed by atoms with Crippen molar-refractivity contribution in [1.29, 1.82) is 0 Å². The molecule has 3 heterocycles. The Kier molecular flexibility index (Phi) is 4.73. The number of carbonyl (C=O) groups is 1. The zero-order valence-corrected chi connectivity index (χ0v) is 13.4. The molecule has 0 saturated carbocycles. The summed E-state index contributed by atoms with van der Waals surface area (Å²) in [5.41, 5.74) is 0. The fourth-order valence-electron chi connectivity index (χ4n) is 3.18. The Hall–Kier alpha value is -1.47. The lowest BCUT2D eigenvalue weighted by Gasteiger charge is -2.37. The van der Waals surface area contributed by atoms with Crippen molar-refractivity contribution in [3.8, 4) is 0 Å². The summed E-state index contributed by atoms with van der Waals surface area (Å²) in [7, 11) is 0. The average molecular weight is 307 g/mol. The van der Waals surface area contributed by atoms with Crippen LogP contribution in [0.2, 0.25) is 0 Å². The Labute approximate surface area is 131 Å². The van der Waals surface area contributed by atoms with Crippen molar-refractivity contribution in [3.05, 3.63) is 11.7 Å². The molecule has 0 radical (unpaired) electrons. The van der Waals surface area contributed by atoms with Crippen LogP contribution in [0, 0.1) is 0 Å². The largest absolute Gasteiger partial charge is 0.339 e. The van der Waals surface area contributed by atoms with Crippen LogP contribution in [-0.2, 0) is 11.2 Å². The van der Waals surface area contributed by atoms with Crippen LogP contribution >= 0.6 is 0 Å². The third-order valence-corrected chi connectivity index (χ3v) is 4.69. The number of piperazine rings is 1. The van der Waals surface area contributed by atoms with Crippen LogP contribution in [0.15, 0.2) is 4.52 Å². The van der Waals surface area contributed by atoms with Gasteiger partial charge in [0.05, 0.1) is 12.1 Å². The van der Waals surface area contributed by atoms with Crippen LogP contribution in [0.3, 0.4) is 0 Å². The van der Waals surface area contributed by atoms with Gasteiger partial charge in [-0.25, -0.2) is 0 Å². The number of aryl methyl sites for hydroxylation is 1. The molecule has 122 valence electrons. The van der Waals surface area contributed by atoms with Crippen LogP contribution < -0.4 is 5.32 Å². The molecule has 7 nitrogen and oxygen atoms in total. The minimum Gasteiger partial charge on any atom is -0.339 e. The van der Waals surface area contributed by atoms with E-state index in [0.29, 0.717) is 5.89 Å². The van der Waals surface area contributed by atoms with Crippen LogP contribution in [0.5, 0.6) is 0 Å². The summed E-state index contributed by atoms with van der Waals surface area (Å²) in [6.45, 7) is 8.31. The van der Waals surface area contributed by atoms with Crippen LogP contribution in [-0.4, -0.2) is 64.6 Å². The van der Waals surface area contributed by atoms with E-state index < -0.39 is 0 Å². The van der Waals surface area contributed by atoms with E-state index in [-0.39, 0.29) is 18.0 Å². The molecule has 2 aliphatic rings. The first-order chi connectivity index (χ1) is 10.7. The van der Waals surface area contributed by atoms with Crippen molar-refractivity contribution in [2.24, 2.45) is 0 Å². The maximum absolute atomic E-state index is 12.4. The molecule has 1 aromatic heterocycles. The number of carbonyl (C=O) groups excluding carboxylic acids is 1. The molecule has 0 aliphatic carbocycles. The Balaban J connectivity index is 1.53. The molecule has 1 amide bonds. The summed E-state index contributed by atoms with van der Waals surface area (Å²) >= 11 is 0. The molecular weight excluding hydrogens is 282 g/mol. The number of aromatic nitrogens is 2. The zero-order valence-electron chi connectivity index (χ0n) is 13.4. The van der Waals surface area contributed by atoms with Gasteiger partial charge >= 0.3 is 0 Å². The second-order valence-electron chi connectivity index (χ2n) is 6.09. The van der Waals surface area contributed by atoms with Gasteiger partial charge in [-0.3, -0.25) is 9.69 Å². The molecule has 3 rings (SSSR count). The monoisotopic (exact) mass is 307 g/mol. The van der Waals surface area contributed by atoms with Gasteiger partial charge in [-0.1, -0.05) is 12.1 Å². The van der Waals surface area contributed by atoms with E-state index in [1.807, 2.05) is 11.8 Å². The highest BCUT2D eigenvalue weighted by Crippen LogP contribution is 2.21. The Morgan fingerprint density at radius 3 is 2.77 bits per heavy atom. The lowest BCUT2D eigenvalue weighted by molar-refractivity contribution is -0.135. The average Bonchev–Trinajstić information content (AvgIpc) is 3.25. The van der Waals surface area contributed by atoms with Crippen LogP contribution in [0.4, 0.5) is 0 Å². The first kappa shape index (κ1) is 15.4. The SMILES string of the molecule is CCc1noc(C(C)N2CCN(C(=O)C3CCCN3)CC2)n1. The molecule has 0 bridgehead atoms. The summed E-state index contributed by atoms with van der Waals surface area (Å²) in [6.07, 6.45) is 2.86. The van der Waals surface area contributed by atoms with Crippen molar-refractivity contribution in [3.63, 3.8) is 0 Å². The van der Waals surface area contributed by atoms with Crippen molar-refractivity contribution >= 4 is 5.91 Å². The fraction of sp³-hybridized carbons (Fsp3) is 0.800. The van der Waals surface area contributed by atoms with Crippen LogP contribution in [0.1, 0.15) is 44.4 Å². The van der Waals surface area contributed by atoms with Crippen molar-refractivity contribution in [1.82, 2.24) is 25.3 Å². The number of nitrogens with zero attached hydrogens (tertiary/aromatic N) is 4. The number of hydrogen-bond acceptors (Lipinski definition) is 6. The molecule has 2 aliphatic heterocycles. The maximum Gasteiger partial charge on any atom is 0.243 e. The molecule has 0 spiro atoms. The molecule has 22 heavy (non-hydrogen) atoms. The first-order valence-electron chi connectivity index (χ1n) is 8.27. The van der Waals surface area contributed by atoms with Gasteiger partial charge in [-0.2, -0.15) is 4.98 Å². The molecule has 1 aromatic rings. The molecule has 1 N–H and O–H groups in total. The molecule has 7 heteroatoms. The second kappa shape index (κ2) is 6.75. The van der Waals surface area contributed by atoms with Gasteiger partial charge in [0, 0.05) is 32.6 Å². The lowest BCUT2D eigenvalue weighted by Crippen LogP contribution is -2.53. The maximum atomic E-state index is 12.4. The lowest BCUT2D eigenvalue weighted by atomic mass is 10.1. The predicted octanol–water partition coefficient (Wildman–Crippen LogP) is 0.589. The van der Waals surface area contributed by atoms with Gasteiger partial charge < -0.3 is 14.7 Å². The van der Waals surface area contributed by atoms with Crippen LogP contribution in [0.25, 0.3) is 0 Å². The summed E-state index contributed by atoms with van der Waals surface area (Å²) in [5, 5.41) is 7.25. The molecule has 0 aromatic carbocycles. The molecule has 2 saturated heterocycles. The highest BCUT2D eigenvalue weighted by molar-refractivity contribution is 5.82. The highest BCUT2D eigenvalue weighted by Gasteiger charge is 2.31. The molecular formula is C15H25N5O2. The Morgan fingerprint density at radius 2 is 2.18 bits per heavy atom. The third kappa shape index (κ3) is 3.15. The van der Waals surface area contributed by atoms with E-state index in [2.05, 4.69) is 27.3 Å². The molecule has 2 unspecified atom stereocenters. The van der Waals surface area contributed by atoms with Crippen molar-refractivity contribution in [2.45, 2.75) is 45.2 Å². The topological polar surface area (TPSA) is 74.5 Å². The third-order valence-electron chi connectivity index (χ3n) is 4.69. The van der Waals surface area contributed by atoms with E-state index in [1.165, 1.54) is 0 Å². The van der Waals surface area contributed by atoms with E-state index in [9.17, 15) is 4.79 Å². The van der Waals surface area contributed by atoms with E-state index in [4.69, 9.17) is 4.52 Å². The normalized spacial score (nSPS) is 24.6. The quantitative estimate of drug-likeness (QED) is 0.877. The van der Waals surface area contributed by atoms with Gasteiger partial charge in [0.2, 0.25) is 11.8 Å². The highest BCUT2D eigenvalue weighted by atomic mass is 16.5. The van der Waals surface area contributed by atoms with Crippen molar-refractivity contribution < 1.29 is 9.32 Å². The standard InChI is InChI=1S/C15H25N5O2/c1-3-13-17-14(22-18-13)11(2)19-7-9-20(10-8-19)15(21)12-5-4-6-16-12/h11-12,16H,3-10H2,1-2H3. The van der Waals surface area contributed by atoms with E-state index >= 15 is 0 Å². The smallest absolute Gasteiger partial charge is 0.243 e. The van der Waals surface area contributed by atoms with E-state index in [1.54, 1.807) is 0 Å². The minimum atomic E-state index is 0.0343. The van der Waals surface area contributed by atoms with Gasteiger partial charge in [0.1, 0.15) is 0 Å². The number of amides is 1. The number of hydrogen-bond donors (Lipinski definition) is 1. The predicted molar refractivity (Wildman–Crippen MR) is 81.3 cm³/mol. The number of nitrogens with one attached hydrogen (secondary N) is 1. The summed E-state index contributed by atoms with van der Waals surface area (Å²) in [6, 6.07) is 0.140. The summed E-state index contributed by atoms with van der Waals surface area (Å²) in [4.78, 5) is 21.1. The number of rotatable bonds is 4.